The average Bonchev–Trinajstić information content (AvgIpc) is 2.54. The van der Waals surface area contributed by atoms with E-state index in [1.165, 1.54) is 12.1 Å². The zero-order valence-electron chi connectivity index (χ0n) is 14.8. The van der Waals surface area contributed by atoms with Crippen molar-refractivity contribution in [2.24, 2.45) is 0 Å². The van der Waals surface area contributed by atoms with Crippen molar-refractivity contribution < 1.29 is 41.9 Å². The number of hydrogen-bond acceptors (Lipinski definition) is 5. The molecule has 0 aliphatic heterocycles. The molecule has 0 heterocycles. The van der Waals surface area contributed by atoms with Crippen molar-refractivity contribution in [1.29, 1.82) is 0 Å². The minimum absolute atomic E-state index is 0.0758. The third-order valence-electron chi connectivity index (χ3n) is 3.21. The number of rotatable bonds is 8. The average molecular weight is 392 g/mol. The molecule has 1 atom stereocenters. The van der Waals surface area contributed by atoms with Gasteiger partial charge in [-0.2, -0.15) is 0 Å². The van der Waals surface area contributed by atoms with E-state index in [0.29, 0.717) is 11.4 Å². The second kappa shape index (κ2) is 10.4. The molecule has 0 aromatic heterocycles. The number of hydrogen-bond donors (Lipinski definition) is 3. The molecular weight excluding hydrogens is 371 g/mol. The van der Waals surface area contributed by atoms with Crippen LogP contribution in [0.2, 0.25) is 0 Å². The minimum atomic E-state index is -4.79. The van der Waals surface area contributed by atoms with Crippen molar-refractivity contribution in [1.82, 2.24) is 5.32 Å². The number of nitrogens with one attached hydrogen (secondary N) is 3. The lowest BCUT2D eigenvalue weighted by Crippen LogP contribution is -3.14. The second-order valence-corrected chi connectivity index (χ2v) is 5.35. The first kappa shape index (κ1) is 22.2. The highest BCUT2D eigenvalue weighted by Gasteiger charge is 2.31. The zero-order chi connectivity index (χ0) is 20.4. The van der Waals surface area contributed by atoms with Gasteiger partial charge in [-0.25, -0.2) is 4.79 Å². The Morgan fingerprint density at radius 3 is 2.15 bits per heavy atom. The number of carbonyl (C=O) groups excluding carboxylic acids is 3. The van der Waals surface area contributed by atoms with Crippen molar-refractivity contribution in [3.63, 3.8) is 0 Å². The fraction of sp³-hybridized carbons (Fsp3) is 0.438. The summed E-state index contributed by atoms with van der Waals surface area (Å²) in [5, 5.41) is 4.55. The lowest BCUT2D eigenvalue weighted by atomic mass is 10.3. The van der Waals surface area contributed by atoms with Gasteiger partial charge >= 0.3 is 12.5 Å². The number of anilines is 1. The Balaban J connectivity index is 2.51. The van der Waals surface area contributed by atoms with Crippen LogP contribution in [0.25, 0.3) is 0 Å². The summed E-state index contributed by atoms with van der Waals surface area (Å²) in [6.45, 7) is 3.71. The molecule has 0 spiro atoms. The molecule has 0 saturated heterocycles. The van der Waals surface area contributed by atoms with Crippen LogP contribution in [0.1, 0.15) is 13.8 Å². The monoisotopic (exact) mass is 392 g/mol. The van der Waals surface area contributed by atoms with Crippen LogP contribution >= 0.6 is 0 Å². The summed E-state index contributed by atoms with van der Waals surface area (Å²) in [6.07, 6.45) is -5.65. The number of carbonyl (C=O) groups is 3. The molecule has 8 nitrogen and oxygen atoms in total. The fourth-order valence-electron chi connectivity index (χ4n) is 2.04. The van der Waals surface area contributed by atoms with Crippen molar-refractivity contribution in [3.8, 4) is 5.75 Å². The predicted octanol–water partition coefficient (Wildman–Crippen LogP) is 0.701. The highest BCUT2D eigenvalue weighted by Crippen LogP contribution is 2.23. The Bertz CT molecular complexity index is 650. The van der Waals surface area contributed by atoms with Crippen LogP contribution in [0.4, 0.5) is 23.7 Å². The van der Waals surface area contributed by atoms with Gasteiger partial charge in [-0.15, -0.1) is 13.2 Å². The highest BCUT2D eigenvalue weighted by atomic mass is 19.4. The van der Waals surface area contributed by atoms with E-state index in [2.05, 4.69) is 14.8 Å². The summed E-state index contributed by atoms with van der Waals surface area (Å²) in [7, 11) is 0. The van der Waals surface area contributed by atoms with Gasteiger partial charge in [0.2, 0.25) is 0 Å². The molecule has 3 N–H and O–H groups in total. The number of benzene rings is 1. The largest absolute Gasteiger partial charge is 0.573 e. The molecule has 1 rings (SSSR count). The van der Waals surface area contributed by atoms with Gasteiger partial charge in [0.1, 0.15) is 5.75 Å². The molecule has 0 radical (unpaired) electrons. The van der Waals surface area contributed by atoms with Gasteiger partial charge < -0.3 is 19.7 Å². The standard InChI is InChI=1S/C16H20F3N3O5/c1-3-22(10-14(24)21-15(25)26-4-2)9-13(23)20-11-5-7-12(8-6-11)27-16(17,18)19/h5-8H,3-4,9-10H2,1-2H3,(H,20,23)(H,21,24,25)/p+1. The molecule has 27 heavy (non-hydrogen) atoms. The number of ether oxygens (including phenoxy) is 2. The van der Waals surface area contributed by atoms with Gasteiger partial charge in [-0.1, -0.05) is 0 Å². The molecular formula is C16H21F3N3O5+. The molecule has 3 amide bonds. The molecule has 0 bridgehead atoms. The van der Waals surface area contributed by atoms with E-state index in [-0.39, 0.29) is 25.4 Å². The first-order chi connectivity index (χ1) is 12.6. The van der Waals surface area contributed by atoms with E-state index < -0.39 is 30.0 Å². The van der Waals surface area contributed by atoms with Gasteiger partial charge in [-0.3, -0.25) is 14.9 Å². The minimum Gasteiger partial charge on any atom is -0.450 e. The molecule has 11 heteroatoms. The smallest absolute Gasteiger partial charge is 0.450 e. The molecule has 0 saturated carbocycles. The molecule has 1 aromatic carbocycles. The normalized spacial score (nSPS) is 12.0. The van der Waals surface area contributed by atoms with Gasteiger partial charge in [0, 0.05) is 5.69 Å². The van der Waals surface area contributed by atoms with Crippen LogP contribution in [-0.4, -0.2) is 50.5 Å². The molecule has 0 fully saturated rings. The van der Waals surface area contributed by atoms with Gasteiger partial charge in [-0.05, 0) is 38.1 Å². The first-order valence-electron chi connectivity index (χ1n) is 8.08. The Labute approximate surface area is 153 Å². The van der Waals surface area contributed by atoms with Gasteiger partial charge in [0.05, 0.1) is 13.2 Å². The molecule has 0 aliphatic rings. The lowest BCUT2D eigenvalue weighted by Gasteiger charge is -2.16. The summed E-state index contributed by atoms with van der Waals surface area (Å²) in [4.78, 5) is 35.5. The van der Waals surface area contributed by atoms with E-state index >= 15 is 0 Å². The third-order valence-corrected chi connectivity index (χ3v) is 3.21. The van der Waals surface area contributed by atoms with Crippen LogP contribution < -0.4 is 20.3 Å². The number of likely N-dealkylation sites (N-methyl/N-ethyl adjacent to an activating group) is 1. The van der Waals surface area contributed by atoms with Crippen LogP contribution in [0, 0.1) is 0 Å². The number of amides is 3. The number of alkyl halides is 3. The topological polar surface area (TPSA) is 98.2 Å². The maximum atomic E-state index is 12.1. The second-order valence-electron chi connectivity index (χ2n) is 5.35. The van der Waals surface area contributed by atoms with Crippen LogP contribution in [0.5, 0.6) is 5.75 Å². The summed E-state index contributed by atoms with van der Waals surface area (Å²) in [5.41, 5.74) is 0.279. The van der Waals surface area contributed by atoms with E-state index in [1.54, 1.807) is 13.8 Å². The summed E-state index contributed by atoms with van der Waals surface area (Å²) in [6, 6.07) is 4.66. The number of quaternary nitrogens is 1. The van der Waals surface area contributed by atoms with E-state index in [4.69, 9.17) is 0 Å². The van der Waals surface area contributed by atoms with Crippen molar-refractivity contribution >= 4 is 23.6 Å². The Kier molecular flexibility index (Phi) is 8.52. The number of imide groups is 1. The van der Waals surface area contributed by atoms with Crippen molar-refractivity contribution in [2.75, 3.05) is 31.6 Å². The van der Waals surface area contributed by atoms with Gasteiger partial charge in [0.25, 0.3) is 11.8 Å². The summed E-state index contributed by atoms with van der Waals surface area (Å²) < 4.78 is 44.6. The highest BCUT2D eigenvalue weighted by molar-refractivity contribution is 5.93. The van der Waals surface area contributed by atoms with E-state index in [1.807, 2.05) is 5.32 Å². The summed E-state index contributed by atoms with van der Waals surface area (Å²) >= 11 is 0. The predicted molar refractivity (Wildman–Crippen MR) is 88.2 cm³/mol. The Hall–Kier alpha value is -2.82. The zero-order valence-corrected chi connectivity index (χ0v) is 14.8. The molecule has 1 aromatic rings. The fourth-order valence-corrected chi connectivity index (χ4v) is 2.04. The number of halogens is 3. The van der Waals surface area contributed by atoms with Crippen LogP contribution in [-0.2, 0) is 14.3 Å². The Morgan fingerprint density at radius 2 is 1.63 bits per heavy atom. The first-order valence-corrected chi connectivity index (χ1v) is 8.08. The number of alkyl carbamates (subject to hydrolysis) is 1. The Morgan fingerprint density at radius 1 is 1.04 bits per heavy atom. The van der Waals surface area contributed by atoms with Crippen molar-refractivity contribution in [2.45, 2.75) is 20.2 Å². The quantitative estimate of drug-likeness (QED) is 0.605. The van der Waals surface area contributed by atoms with Crippen LogP contribution in [0.15, 0.2) is 24.3 Å². The lowest BCUT2D eigenvalue weighted by molar-refractivity contribution is -0.881. The molecule has 150 valence electrons. The van der Waals surface area contributed by atoms with Crippen molar-refractivity contribution in [3.05, 3.63) is 24.3 Å². The molecule has 0 aliphatic carbocycles. The summed E-state index contributed by atoms with van der Waals surface area (Å²) in [5.74, 6) is -1.44. The van der Waals surface area contributed by atoms with E-state index in [9.17, 15) is 27.6 Å². The maximum absolute atomic E-state index is 12.1. The SMILES string of the molecule is CCOC(=O)NC(=O)C[NH+](CC)CC(=O)Nc1ccc(OC(F)(F)F)cc1. The van der Waals surface area contributed by atoms with Gasteiger partial charge in [0.15, 0.2) is 13.1 Å². The molecule has 1 unspecified atom stereocenters. The maximum Gasteiger partial charge on any atom is 0.573 e. The van der Waals surface area contributed by atoms with E-state index in [0.717, 1.165) is 12.1 Å². The third kappa shape index (κ3) is 9.45. The van der Waals surface area contributed by atoms with Crippen LogP contribution in [0.3, 0.4) is 0 Å².